The summed E-state index contributed by atoms with van der Waals surface area (Å²) in [4.78, 5) is 17.8. The zero-order valence-electron chi connectivity index (χ0n) is 20.4. The summed E-state index contributed by atoms with van der Waals surface area (Å²) in [6.07, 6.45) is 0. The van der Waals surface area contributed by atoms with Crippen molar-refractivity contribution < 1.29 is 13.7 Å². The van der Waals surface area contributed by atoms with Crippen molar-refractivity contribution in [3.8, 4) is 0 Å². The summed E-state index contributed by atoms with van der Waals surface area (Å²) in [7, 11) is -1.62. The van der Waals surface area contributed by atoms with Gasteiger partial charge in [-0.2, -0.15) is 0 Å². The molecule has 0 unspecified atom stereocenters. The van der Waals surface area contributed by atoms with Crippen LogP contribution in [0.15, 0.2) is 94.8 Å². The van der Waals surface area contributed by atoms with Crippen molar-refractivity contribution in [2.24, 2.45) is 4.99 Å². The van der Waals surface area contributed by atoms with Gasteiger partial charge in [0.2, 0.25) is 0 Å². The van der Waals surface area contributed by atoms with Gasteiger partial charge in [0.05, 0.1) is 28.1 Å². The highest BCUT2D eigenvalue weighted by molar-refractivity contribution is 7.83. The van der Waals surface area contributed by atoms with Crippen LogP contribution >= 0.6 is 11.6 Å². The Morgan fingerprint density at radius 1 is 0.971 bits per heavy atom. The molecule has 0 bridgehead atoms. The molecule has 0 heterocycles. The number of hydrogen-bond acceptors (Lipinski definition) is 4. The molecule has 3 rings (SSSR count). The monoisotopic (exact) mass is 510 g/mol. The Bertz CT molecular complexity index is 1120. The molecular formula is C28H31ClN2O3S. The number of alkyl halides is 1. The number of aliphatic imine (C=N–C) groups is 1. The van der Waals surface area contributed by atoms with Gasteiger partial charge in [0.25, 0.3) is 0 Å². The molecule has 0 fully saturated rings. The zero-order chi connectivity index (χ0) is 25.4. The van der Waals surface area contributed by atoms with Crippen LogP contribution in [0.3, 0.4) is 0 Å². The molecule has 0 saturated carbocycles. The summed E-state index contributed by atoms with van der Waals surface area (Å²) >= 11 is 6.80. The zero-order valence-corrected chi connectivity index (χ0v) is 22.0. The molecule has 5 nitrogen and oxygen atoms in total. The van der Waals surface area contributed by atoms with Crippen molar-refractivity contribution in [1.29, 1.82) is 0 Å². The first kappa shape index (κ1) is 26.8. The predicted octanol–water partition coefficient (Wildman–Crippen LogP) is 5.46. The highest BCUT2D eigenvalue weighted by atomic mass is 35.5. The van der Waals surface area contributed by atoms with Gasteiger partial charge >= 0.3 is 5.97 Å². The lowest BCUT2D eigenvalue weighted by atomic mass is 9.95. The van der Waals surface area contributed by atoms with Crippen LogP contribution < -0.4 is 4.72 Å². The summed E-state index contributed by atoms with van der Waals surface area (Å²) in [5.74, 6) is -0.538. The van der Waals surface area contributed by atoms with E-state index in [9.17, 15) is 9.00 Å². The number of esters is 1. The van der Waals surface area contributed by atoms with Gasteiger partial charge in [0.1, 0.15) is 11.0 Å². The Morgan fingerprint density at radius 3 is 1.94 bits per heavy atom. The van der Waals surface area contributed by atoms with Crippen LogP contribution in [0.4, 0.5) is 0 Å². The van der Waals surface area contributed by atoms with Crippen LogP contribution in [0.5, 0.6) is 0 Å². The molecule has 0 spiro atoms. The fourth-order valence-corrected chi connectivity index (χ4v) is 4.98. The first-order chi connectivity index (χ1) is 16.7. The Balaban J connectivity index is 2.11. The molecule has 0 aromatic heterocycles. The average molecular weight is 511 g/mol. The Hall–Kier alpha value is -2.80. The first-order valence-corrected chi connectivity index (χ1v) is 13.0. The molecule has 3 aromatic rings. The number of ether oxygens (including phenoxy) is 1. The maximum atomic E-state index is 13.3. The van der Waals surface area contributed by atoms with Crippen molar-refractivity contribution >= 4 is 34.3 Å². The van der Waals surface area contributed by atoms with Crippen molar-refractivity contribution in [2.45, 2.75) is 49.5 Å². The number of nitrogens with zero attached hydrogens (tertiary/aromatic N) is 1. The van der Waals surface area contributed by atoms with E-state index in [1.165, 1.54) is 0 Å². The number of hydrogen-bond donors (Lipinski definition) is 1. The molecule has 184 valence electrons. The topological polar surface area (TPSA) is 67.8 Å². The number of carbonyl (C=O) groups excluding carboxylic acids is 1. The van der Waals surface area contributed by atoms with E-state index in [1.807, 2.05) is 79.7 Å². The average Bonchev–Trinajstić information content (AvgIpc) is 2.84. The molecule has 35 heavy (non-hydrogen) atoms. The molecule has 0 aliphatic heterocycles. The summed E-state index contributed by atoms with van der Waals surface area (Å²) in [5.41, 5.74) is 3.37. The summed E-state index contributed by atoms with van der Waals surface area (Å²) in [6, 6.07) is 24.8. The van der Waals surface area contributed by atoms with E-state index in [0.29, 0.717) is 10.6 Å². The van der Waals surface area contributed by atoms with Crippen LogP contribution in [0.2, 0.25) is 0 Å². The molecule has 0 aliphatic rings. The second-order valence-corrected chi connectivity index (χ2v) is 10.9. The molecule has 7 heteroatoms. The molecule has 0 saturated heterocycles. The van der Waals surface area contributed by atoms with Crippen molar-refractivity contribution in [2.75, 3.05) is 6.61 Å². The van der Waals surface area contributed by atoms with E-state index in [2.05, 4.69) is 4.72 Å². The number of carbonyl (C=O) groups is 1. The van der Waals surface area contributed by atoms with Gasteiger partial charge in [0, 0.05) is 11.1 Å². The van der Waals surface area contributed by atoms with Gasteiger partial charge in [-0.3, -0.25) is 4.99 Å². The highest BCUT2D eigenvalue weighted by Gasteiger charge is 2.41. The second-order valence-electron chi connectivity index (χ2n) is 8.65. The Morgan fingerprint density at radius 2 is 1.49 bits per heavy atom. The smallest absolute Gasteiger partial charge is 0.332 e. The lowest BCUT2D eigenvalue weighted by molar-refractivity contribution is -0.145. The van der Waals surface area contributed by atoms with Crippen LogP contribution in [-0.2, 0) is 20.5 Å². The number of aryl methyl sites for hydroxylation is 1. The van der Waals surface area contributed by atoms with Crippen molar-refractivity contribution in [3.63, 3.8) is 0 Å². The van der Waals surface area contributed by atoms with Gasteiger partial charge in [-0.1, -0.05) is 78.4 Å². The van der Waals surface area contributed by atoms with Crippen molar-refractivity contribution in [3.05, 3.63) is 102 Å². The van der Waals surface area contributed by atoms with Crippen LogP contribution in [0.25, 0.3) is 0 Å². The molecule has 0 aliphatic carbocycles. The van der Waals surface area contributed by atoms with Gasteiger partial charge in [-0.15, -0.1) is 11.6 Å². The third-order valence-corrected chi connectivity index (χ3v) is 6.82. The minimum absolute atomic E-state index is 0.188. The molecule has 3 atom stereocenters. The van der Waals surface area contributed by atoms with Gasteiger partial charge < -0.3 is 4.74 Å². The third-order valence-electron chi connectivity index (χ3n) is 5.42. The molecular weight excluding hydrogens is 480 g/mol. The van der Waals surface area contributed by atoms with Crippen LogP contribution in [0.1, 0.15) is 37.5 Å². The Labute approximate surface area is 215 Å². The summed E-state index contributed by atoms with van der Waals surface area (Å²) < 4.78 is 21.7. The largest absolute Gasteiger partial charge is 0.464 e. The SMILES string of the molecule is CCOC(=O)[C@H](N=C(c1ccccc1)c1ccccc1)[C@@H](N[S@@](=O)c1ccc(C)cc1)C(C)(C)Cl. The molecule has 1 N–H and O–H groups in total. The van der Waals surface area contributed by atoms with E-state index < -0.39 is 33.9 Å². The minimum atomic E-state index is -1.62. The van der Waals surface area contributed by atoms with E-state index in [4.69, 9.17) is 21.3 Å². The standard InChI is InChI=1S/C28H31ClN2O3S/c1-5-34-27(32)25(26(28(3,4)29)31-35(33)23-18-16-20(2)17-19-23)30-24(21-12-8-6-9-13-21)22-14-10-7-11-15-22/h6-19,25-26,31H,5H2,1-4H3/t25-,26-,35+/m1/s1. The fourth-order valence-electron chi connectivity index (χ4n) is 3.56. The Kier molecular flexibility index (Phi) is 9.38. The van der Waals surface area contributed by atoms with Crippen LogP contribution in [0, 0.1) is 6.92 Å². The normalized spacial score (nSPS) is 14.0. The highest BCUT2D eigenvalue weighted by Crippen LogP contribution is 2.26. The lowest BCUT2D eigenvalue weighted by Gasteiger charge is -2.33. The van der Waals surface area contributed by atoms with Crippen molar-refractivity contribution in [1.82, 2.24) is 4.72 Å². The van der Waals surface area contributed by atoms with Gasteiger partial charge in [-0.25, -0.2) is 13.7 Å². The number of nitrogens with one attached hydrogen (secondary N) is 1. The summed E-state index contributed by atoms with van der Waals surface area (Å²) in [6.45, 7) is 7.43. The maximum absolute atomic E-state index is 13.3. The fraction of sp³-hybridized carbons (Fsp3) is 0.286. The number of halogens is 1. The van der Waals surface area contributed by atoms with E-state index in [1.54, 1.807) is 32.9 Å². The minimum Gasteiger partial charge on any atom is -0.464 e. The second kappa shape index (κ2) is 12.2. The van der Waals surface area contributed by atoms with Gasteiger partial charge in [-0.05, 0) is 39.8 Å². The quantitative estimate of drug-likeness (QED) is 0.223. The van der Waals surface area contributed by atoms with E-state index in [-0.39, 0.29) is 6.61 Å². The van der Waals surface area contributed by atoms with E-state index >= 15 is 0 Å². The number of benzene rings is 3. The first-order valence-electron chi connectivity index (χ1n) is 11.5. The third kappa shape index (κ3) is 7.34. The van der Waals surface area contributed by atoms with Crippen LogP contribution in [-0.4, -0.2) is 39.5 Å². The molecule has 0 radical (unpaired) electrons. The lowest BCUT2D eigenvalue weighted by Crippen LogP contribution is -2.54. The summed E-state index contributed by atoms with van der Waals surface area (Å²) in [5, 5.41) is 0. The van der Waals surface area contributed by atoms with E-state index in [0.717, 1.165) is 16.7 Å². The molecule has 3 aromatic carbocycles. The van der Waals surface area contributed by atoms with Gasteiger partial charge in [0.15, 0.2) is 6.04 Å². The maximum Gasteiger partial charge on any atom is 0.332 e. The molecule has 0 amide bonds. The predicted molar refractivity (Wildman–Crippen MR) is 143 cm³/mol. The number of rotatable bonds is 10.